The van der Waals surface area contributed by atoms with Crippen LogP contribution in [0.1, 0.15) is 10.4 Å². The molecule has 3 rings (SSSR count). The molecular weight excluding hydrogens is 360 g/mol. The van der Waals surface area contributed by atoms with Gasteiger partial charge in [0.2, 0.25) is 10.0 Å². The van der Waals surface area contributed by atoms with Gasteiger partial charge < -0.3 is 15.0 Å². The molecule has 1 unspecified atom stereocenters. The summed E-state index contributed by atoms with van der Waals surface area (Å²) in [5.41, 5.74) is 0.463. The van der Waals surface area contributed by atoms with Gasteiger partial charge in [0.15, 0.2) is 5.62 Å². The van der Waals surface area contributed by atoms with E-state index < -0.39 is 15.6 Å². The summed E-state index contributed by atoms with van der Waals surface area (Å²) in [5.74, 6) is 0.853. The highest BCUT2D eigenvalue weighted by atomic mass is 35.5. The Morgan fingerprint density at radius 3 is 2.87 bits per heavy atom. The van der Waals surface area contributed by atoms with Gasteiger partial charge in [-0.15, -0.1) is 11.3 Å². The number of nitrogens with zero attached hydrogens (tertiary/aromatic N) is 3. The summed E-state index contributed by atoms with van der Waals surface area (Å²) in [6.45, 7) is 3.22. The van der Waals surface area contributed by atoms with E-state index in [4.69, 9.17) is 16.3 Å². The summed E-state index contributed by atoms with van der Waals surface area (Å²) >= 11 is 7.70. The first kappa shape index (κ1) is 17.0. The molecule has 1 N–H and O–H groups in total. The second-order valence-electron chi connectivity index (χ2n) is 5.51. The van der Waals surface area contributed by atoms with Crippen molar-refractivity contribution in [3.63, 3.8) is 0 Å². The normalized spacial score (nSPS) is 21.8. The number of morpholine rings is 1. The van der Waals surface area contributed by atoms with Crippen LogP contribution in [0.15, 0.2) is 11.1 Å². The summed E-state index contributed by atoms with van der Waals surface area (Å²) in [6.07, 6.45) is 1.20. The van der Waals surface area contributed by atoms with E-state index in [9.17, 15) is 8.42 Å². The van der Waals surface area contributed by atoms with Crippen molar-refractivity contribution in [2.75, 3.05) is 44.9 Å². The predicted octanol–water partition coefficient (Wildman–Crippen LogP) is 1.17. The topological polar surface area (TPSA) is 74.2 Å². The van der Waals surface area contributed by atoms with Crippen LogP contribution < -0.4 is 5.32 Å². The van der Waals surface area contributed by atoms with Gasteiger partial charge in [0.05, 0.1) is 25.0 Å². The highest BCUT2D eigenvalue weighted by Crippen LogP contribution is 2.34. The summed E-state index contributed by atoms with van der Waals surface area (Å²) in [6, 6.07) is 1.99. The molecule has 0 aromatic carbocycles. The molecule has 7 nitrogen and oxygen atoms in total. The van der Waals surface area contributed by atoms with Gasteiger partial charge >= 0.3 is 0 Å². The van der Waals surface area contributed by atoms with Crippen LogP contribution in [0.5, 0.6) is 0 Å². The molecule has 0 bridgehead atoms. The van der Waals surface area contributed by atoms with E-state index in [0.717, 1.165) is 34.4 Å². The highest BCUT2D eigenvalue weighted by molar-refractivity contribution is 7.88. The zero-order chi connectivity index (χ0) is 16.6. The molecule has 0 spiro atoms. The summed E-state index contributed by atoms with van der Waals surface area (Å²) in [4.78, 5) is 7.61. The van der Waals surface area contributed by atoms with E-state index in [-0.39, 0.29) is 0 Å². The Morgan fingerprint density at radius 2 is 2.22 bits per heavy atom. The van der Waals surface area contributed by atoms with E-state index in [1.807, 2.05) is 6.07 Å². The van der Waals surface area contributed by atoms with E-state index in [2.05, 4.69) is 15.2 Å². The SMILES string of the molecule is CN(Cc1cc2c(s1)NC(Cl)N=C2N1CCOCC1)S(C)(=O)=O. The Labute approximate surface area is 144 Å². The molecule has 23 heavy (non-hydrogen) atoms. The van der Waals surface area contributed by atoms with Crippen molar-refractivity contribution in [2.45, 2.75) is 12.2 Å². The van der Waals surface area contributed by atoms with E-state index in [1.54, 1.807) is 7.05 Å². The number of amidine groups is 1. The second-order valence-corrected chi connectivity index (χ2v) is 9.15. The number of anilines is 1. The lowest BCUT2D eigenvalue weighted by Gasteiger charge is -2.32. The van der Waals surface area contributed by atoms with Crippen molar-refractivity contribution in [1.29, 1.82) is 0 Å². The molecule has 0 saturated carbocycles. The second kappa shape index (κ2) is 6.56. The lowest BCUT2D eigenvalue weighted by Crippen LogP contribution is -2.43. The fourth-order valence-electron chi connectivity index (χ4n) is 2.47. The van der Waals surface area contributed by atoms with Crippen LogP contribution in [-0.2, 0) is 21.3 Å². The van der Waals surface area contributed by atoms with Gasteiger partial charge in [-0.1, -0.05) is 11.6 Å². The molecule has 0 amide bonds. The zero-order valence-electron chi connectivity index (χ0n) is 13.0. The maximum absolute atomic E-state index is 11.6. The predicted molar refractivity (Wildman–Crippen MR) is 92.8 cm³/mol. The number of nitrogens with one attached hydrogen (secondary N) is 1. The van der Waals surface area contributed by atoms with Crippen molar-refractivity contribution < 1.29 is 13.2 Å². The van der Waals surface area contributed by atoms with Gasteiger partial charge in [-0.2, -0.15) is 0 Å². The number of rotatable bonds is 3. The van der Waals surface area contributed by atoms with Crippen LogP contribution in [0.3, 0.4) is 0 Å². The number of thiophene rings is 1. The minimum absolute atomic E-state index is 0.335. The van der Waals surface area contributed by atoms with Crippen LogP contribution in [-0.4, -0.2) is 68.7 Å². The number of sulfonamides is 1. The smallest absolute Gasteiger partial charge is 0.211 e. The first-order valence-electron chi connectivity index (χ1n) is 7.20. The molecule has 0 aliphatic carbocycles. The minimum Gasteiger partial charge on any atom is -0.378 e. The average molecular weight is 379 g/mol. The number of aliphatic imine (C=N–C) groups is 1. The largest absolute Gasteiger partial charge is 0.378 e. The summed E-state index contributed by atoms with van der Waals surface area (Å²) in [7, 11) is -1.64. The fourth-order valence-corrected chi connectivity index (χ4v) is 4.32. The molecule has 2 aliphatic heterocycles. The third-order valence-corrected chi connectivity index (χ3v) is 6.28. The average Bonchev–Trinajstić information content (AvgIpc) is 2.88. The van der Waals surface area contributed by atoms with Crippen molar-refractivity contribution in [1.82, 2.24) is 9.21 Å². The van der Waals surface area contributed by atoms with Gasteiger partial charge in [0.25, 0.3) is 0 Å². The summed E-state index contributed by atoms with van der Waals surface area (Å²) < 4.78 is 29.9. The number of fused-ring (bicyclic) bond motifs is 1. The van der Waals surface area contributed by atoms with Crippen molar-refractivity contribution in [2.24, 2.45) is 4.99 Å². The Kier molecular flexibility index (Phi) is 4.84. The molecule has 2 aliphatic rings. The highest BCUT2D eigenvalue weighted by Gasteiger charge is 2.27. The molecule has 0 radical (unpaired) electrons. The monoisotopic (exact) mass is 378 g/mol. The van der Waals surface area contributed by atoms with E-state index >= 15 is 0 Å². The Bertz CT molecular complexity index is 713. The van der Waals surface area contributed by atoms with Crippen LogP contribution in [0.2, 0.25) is 0 Å². The molecule has 1 aromatic rings. The molecule has 1 fully saturated rings. The van der Waals surface area contributed by atoms with Crippen LogP contribution in [0.25, 0.3) is 0 Å². The quantitative estimate of drug-likeness (QED) is 0.631. The van der Waals surface area contributed by atoms with Gasteiger partial charge in [-0.3, -0.25) is 0 Å². The van der Waals surface area contributed by atoms with Gasteiger partial charge in [-0.25, -0.2) is 17.7 Å². The van der Waals surface area contributed by atoms with E-state index in [1.165, 1.54) is 21.9 Å². The molecule has 1 atom stereocenters. The Hall–Kier alpha value is -0.870. The first-order chi connectivity index (χ1) is 10.8. The van der Waals surface area contributed by atoms with Gasteiger partial charge in [0.1, 0.15) is 10.8 Å². The Balaban J connectivity index is 1.86. The Morgan fingerprint density at radius 1 is 1.52 bits per heavy atom. The molecule has 128 valence electrons. The third-order valence-electron chi connectivity index (χ3n) is 3.77. The maximum atomic E-state index is 11.6. The van der Waals surface area contributed by atoms with Crippen molar-refractivity contribution in [3.8, 4) is 0 Å². The van der Waals surface area contributed by atoms with Crippen molar-refractivity contribution in [3.05, 3.63) is 16.5 Å². The zero-order valence-corrected chi connectivity index (χ0v) is 15.3. The van der Waals surface area contributed by atoms with Crippen LogP contribution in [0, 0.1) is 0 Å². The maximum Gasteiger partial charge on any atom is 0.211 e. The number of halogens is 1. The molecule has 3 heterocycles. The number of hydrogen-bond acceptors (Lipinski definition) is 7. The van der Waals surface area contributed by atoms with E-state index in [0.29, 0.717) is 19.8 Å². The van der Waals surface area contributed by atoms with Crippen LogP contribution >= 0.6 is 22.9 Å². The standard InChI is InChI=1S/C13H19ClN4O3S2/c1-17(23(2,19)20)8-9-7-10-11(18-3-5-21-6-4-18)15-13(14)16-12(10)22-9/h7,13,16H,3-6,8H2,1-2H3. The number of alkyl halides is 1. The third kappa shape index (κ3) is 3.80. The number of ether oxygens (including phenoxy) is 1. The first-order valence-corrected chi connectivity index (χ1v) is 10.3. The summed E-state index contributed by atoms with van der Waals surface area (Å²) in [5, 5.41) is 4.06. The molecule has 1 aromatic heterocycles. The molecular formula is C13H19ClN4O3S2. The minimum atomic E-state index is -3.21. The van der Waals surface area contributed by atoms with Crippen molar-refractivity contribution >= 4 is 43.8 Å². The number of hydrogen-bond donors (Lipinski definition) is 1. The molecule has 10 heteroatoms. The lowest BCUT2D eigenvalue weighted by atomic mass is 10.2. The van der Waals surface area contributed by atoms with Gasteiger partial charge in [-0.05, 0) is 6.07 Å². The van der Waals surface area contributed by atoms with Gasteiger partial charge in [0, 0.05) is 31.6 Å². The molecule has 1 saturated heterocycles. The van der Waals surface area contributed by atoms with Crippen LogP contribution in [0.4, 0.5) is 5.00 Å². The fraction of sp³-hybridized carbons (Fsp3) is 0.615. The lowest BCUT2D eigenvalue weighted by molar-refractivity contribution is 0.0681.